The van der Waals surface area contributed by atoms with Crippen LogP contribution >= 0.6 is 46.4 Å². The first-order chi connectivity index (χ1) is 9.88. The van der Waals surface area contributed by atoms with Gasteiger partial charge in [0.1, 0.15) is 6.17 Å². The molecule has 1 aliphatic heterocycles. The fourth-order valence-electron chi connectivity index (χ4n) is 2.02. The first-order valence-electron chi connectivity index (χ1n) is 6.33. The maximum absolute atomic E-state index is 12.3. The predicted octanol–water partition coefficient (Wildman–Crippen LogP) is 3.10. The number of amides is 1. The molecule has 1 heterocycles. The van der Waals surface area contributed by atoms with Crippen molar-refractivity contribution in [2.45, 2.75) is 9.96 Å². The summed E-state index contributed by atoms with van der Waals surface area (Å²) in [5.74, 6) is -0.325. The molecule has 1 aromatic carbocycles. The molecule has 1 fully saturated rings. The molecule has 1 N–H and O–H groups in total. The summed E-state index contributed by atoms with van der Waals surface area (Å²) in [6, 6.07) is 6.50. The predicted molar refractivity (Wildman–Crippen MR) is 85.4 cm³/mol. The van der Waals surface area contributed by atoms with Crippen LogP contribution in [0.4, 0.5) is 0 Å². The molecule has 0 radical (unpaired) electrons. The van der Waals surface area contributed by atoms with E-state index in [1.165, 1.54) is 0 Å². The van der Waals surface area contributed by atoms with Gasteiger partial charge in [-0.05, 0) is 24.3 Å². The normalized spacial score (nSPS) is 18.3. The Morgan fingerprint density at radius 3 is 2.29 bits per heavy atom. The van der Waals surface area contributed by atoms with Crippen molar-refractivity contribution in [1.29, 1.82) is 0 Å². The van der Waals surface area contributed by atoms with E-state index in [0.29, 0.717) is 36.9 Å². The third kappa shape index (κ3) is 4.88. The number of halogens is 4. The van der Waals surface area contributed by atoms with Crippen LogP contribution in [0.3, 0.4) is 0 Å². The van der Waals surface area contributed by atoms with Crippen molar-refractivity contribution < 1.29 is 9.53 Å². The lowest BCUT2D eigenvalue weighted by Crippen LogP contribution is -2.58. The Bertz CT molecular complexity index is 484. The average molecular weight is 372 g/mol. The second-order valence-corrected chi connectivity index (χ2v) is 7.38. The molecule has 116 valence electrons. The molecule has 1 amide bonds. The number of rotatable bonds is 3. The minimum atomic E-state index is -1.64. The van der Waals surface area contributed by atoms with Crippen molar-refractivity contribution in [3.8, 4) is 0 Å². The third-order valence-electron chi connectivity index (χ3n) is 3.10. The van der Waals surface area contributed by atoms with E-state index in [4.69, 9.17) is 51.1 Å². The summed E-state index contributed by atoms with van der Waals surface area (Å²) in [4.78, 5) is 14.1. The minimum absolute atomic E-state index is 0.325. The van der Waals surface area contributed by atoms with Crippen molar-refractivity contribution >= 4 is 52.3 Å². The van der Waals surface area contributed by atoms with E-state index in [2.05, 4.69) is 5.32 Å². The lowest BCUT2D eigenvalue weighted by atomic mass is 10.2. The first-order valence-corrected chi connectivity index (χ1v) is 7.84. The number of hydrogen-bond donors (Lipinski definition) is 1. The molecular weight excluding hydrogens is 358 g/mol. The highest BCUT2D eigenvalue weighted by Gasteiger charge is 2.39. The first kappa shape index (κ1) is 17.1. The minimum Gasteiger partial charge on any atom is -0.379 e. The Morgan fingerprint density at radius 2 is 1.76 bits per heavy atom. The monoisotopic (exact) mass is 370 g/mol. The number of nitrogens with zero attached hydrogens (tertiary/aromatic N) is 1. The molecule has 1 aliphatic rings. The number of morpholine rings is 1. The van der Waals surface area contributed by atoms with Crippen LogP contribution in [0.5, 0.6) is 0 Å². The topological polar surface area (TPSA) is 41.6 Å². The van der Waals surface area contributed by atoms with Gasteiger partial charge in [-0.1, -0.05) is 46.4 Å². The standard InChI is InChI=1S/C13H14Cl4N2O2/c14-10-3-1-9(2-4-10)11(20)18-12(13(15,16)17)19-5-7-21-8-6-19/h1-4,12H,5-8H2,(H,18,20)/t12-/m0/s1. The van der Waals surface area contributed by atoms with Crippen LogP contribution in [0, 0.1) is 0 Å². The van der Waals surface area contributed by atoms with E-state index in [1.54, 1.807) is 24.3 Å². The maximum atomic E-state index is 12.3. The quantitative estimate of drug-likeness (QED) is 0.830. The average Bonchev–Trinajstić information content (AvgIpc) is 2.45. The van der Waals surface area contributed by atoms with Crippen LogP contribution in [-0.4, -0.2) is 47.1 Å². The van der Waals surface area contributed by atoms with E-state index in [0.717, 1.165) is 0 Å². The second kappa shape index (κ2) is 7.36. The Balaban J connectivity index is 2.10. The van der Waals surface area contributed by atoms with Crippen LogP contribution < -0.4 is 5.32 Å². The molecular formula is C13H14Cl4N2O2. The summed E-state index contributed by atoms with van der Waals surface area (Å²) in [5, 5.41) is 3.31. The molecule has 2 rings (SSSR count). The summed E-state index contributed by atoms with van der Waals surface area (Å²) in [6.07, 6.45) is -0.727. The number of nitrogens with one attached hydrogen (secondary N) is 1. The highest BCUT2D eigenvalue weighted by Crippen LogP contribution is 2.32. The van der Waals surface area contributed by atoms with E-state index in [-0.39, 0.29) is 5.91 Å². The molecule has 1 atom stereocenters. The fraction of sp³-hybridized carbons (Fsp3) is 0.462. The molecule has 0 bridgehead atoms. The molecule has 1 aromatic rings. The summed E-state index contributed by atoms with van der Waals surface area (Å²) < 4.78 is 3.63. The lowest BCUT2D eigenvalue weighted by molar-refractivity contribution is 0.00996. The van der Waals surface area contributed by atoms with Gasteiger partial charge in [0.2, 0.25) is 3.79 Å². The van der Waals surface area contributed by atoms with Gasteiger partial charge < -0.3 is 10.1 Å². The van der Waals surface area contributed by atoms with Crippen molar-refractivity contribution in [2.75, 3.05) is 26.3 Å². The van der Waals surface area contributed by atoms with E-state index >= 15 is 0 Å². The van der Waals surface area contributed by atoms with Crippen molar-refractivity contribution in [3.05, 3.63) is 34.9 Å². The fourth-order valence-corrected chi connectivity index (χ4v) is 2.73. The van der Waals surface area contributed by atoms with E-state index in [1.807, 2.05) is 4.90 Å². The molecule has 8 heteroatoms. The van der Waals surface area contributed by atoms with Crippen molar-refractivity contribution in [3.63, 3.8) is 0 Å². The molecule has 1 saturated heterocycles. The summed E-state index contributed by atoms with van der Waals surface area (Å²) in [7, 11) is 0. The summed E-state index contributed by atoms with van der Waals surface area (Å²) in [6.45, 7) is 2.24. The van der Waals surface area contributed by atoms with Gasteiger partial charge in [0.25, 0.3) is 5.91 Å². The zero-order valence-corrected chi connectivity index (χ0v) is 14.0. The summed E-state index contributed by atoms with van der Waals surface area (Å²) >= 11 is 23.8. The highest BCUT2D eigenvalue weighted by atomic mass is 35.6. The number of hydrogen-bond acceptors (Lipinski definition) is 3. The van der Waals surface area contributed by atoms with Crippen LogP contribution in [0.25, 0.3) is 0 Å². The molecule has 0 unspecified atom stereocenters. The van der Waals surface area contributed by atoms with Gasteiger partial charge in [-0.3, -0.25) is 9.69 Å². The van der Waals surface area contributed by atoms with Gasteiger partial charge in [0.05, 0.1) is 13.2 Å². The summed E-state index contributed by atoms with van der Waals surface area (Å²) in [5.41, 5.74) is 0.451. The van der Waals surface area contributed by atoms with Crippen LogP contribution in [0.15, 0.2) is 24.3 Å². The van der Waals surface area contributed by atoms with Gasteiger partial charge in [-0.2, -0.15) is 0 Å². The van der Waals surface area contributed by atoms with Gasteiger partial charge in [-0.25, -0.2) is 0 Å². The largest absolute Gasteiger partial charge is 0.379 e. The molecule has 0 aliphatic carbocycles. The number of alkyl halides is 3. The van der Waals surface area contributed by atoms with Gasteiger partial charge in [0, 0.05) is 23.7 Å². The van der Waals surface area contributed by atoms with Crippen molar-refractivity contribution in [2.24, 2.45) is 0 Å². The molecule has 0 saturated carbocycles. The smallest absolute Gasteiger partial charge is 0.252 e. The molecule has 4 nitrogen and oxygen atoms in total. The number of ether oxygens (including phenoxy) is 1. The second-order valence-electron chi connectivity index (χ2n) is 4.57. The Hall–Kier alpha value is -0.230. The Labute approximate surface area is 143 Å². The van der Waals surface area contributed by atoms with Crippen LogP contribution in [-0.2, 0) is 4.74 Å². The van der Waals surface area contributed by atoms with E-state index in [9.17, 15) is 4.79 Å². The van der Waals surface area contributed by atoms with Gasteiger partial charge in [0.15, 0.2) is 0 Å². The zero-order chi connectivity index (χ0) is 15.5. The molecule has 21 heavy (non-hydrogen) atoms. The third-order valence-corrected chi connectivity index (χ3v) is 3.97. The van der Waals surface area contributed by atoms with Gasteiger partial charge in [-0.15, -0.1) is 0 Å². The van der Waals surface area contributed by atoms with Crippen LogP contribution in [0.2, 0.25) is 5.02 Å². The number of benzene rings is 1. The lowest BCUT2D eigenvalue weighted by Gasteiger charge is -2.38. The van der Waals surface area contributed by atoms with Crippen molar-refractivity contribution in [1.82, 2.24) is 10.2 Å². The number of carbonyl (C=O) groups excluding carboxylic acids is 1. The van der Waals surface area contributed by atoms with Crippen LogP contribution in [0.1, 0.15) is 10.4 Å². The highest BCUT2D eigenvalue weighted by molar-refractivity contribution is 6.68. The van der Waals surface area contributed by atoms with E-state index < -0.39 is 9.96 Å². The Morgan fingerprint density at radius 1 is 1.19 bits per heavy atom. The molecule has 0 aromatic heterocycles. The number of carbonyl (C=O) groups is 1. The maximum Gasteiger partial charge on any atom is 0.252 e. The Kier molecular flexibility index (Phi) is 6.00. The molecule has 0 spiro atoms. The zero-order valence-electron chi connectivity index (χ0n) is 11.0. The van der Waals surface area contributed by atoms with Gasteiger partial charge >= 0.3 is 0 Å². The SMILES string of the molecule is O=C(N[C@@H](N1CCOCC1)C(Cl)(Cl)Cl)c1ccc(Cl)cc1.